The van der Waals surface area contributed by atoms with Crippen LogP contribution in [0, 0.1) is 0 Å². The number of hydrogen-bond donors (Lipinski definition) is 15. The summed E-state index contributed by atoms with van der Waals surface area (Å²) in [6.45, 7) is 19.3. The molecule has 2 aliphatic rings. The number of benzene rings is 7. The molecule has 36 heteroatoms. The highest BCUT2D eigenvalue weighted by atomic mass is 32.2. The van der Waals surface area contributed by atoms with Crippen molar-refractivity contribution in [2.75, 3.05) is 105 Å². The van der Waals surface area contributed by atoms with E-state index in [1.54, 1.807) is 26.2 Å². The number of aliphatic hydroxyl groups excluding tert-OH is 2. The number of H-pyrrole nitrogens is 3. The summed E-state index contributed by atoms with van der Waals surface area (Å²) in [5.74, 6) is -1.89. The first-order valence-electron chi connectivity index (χ1n) is 41.3. The first kappa shape index (κ1) is 92.7. The number of carbonyl (C=O) groups is 4. The molecule has 2 saturated heterocycles. The van der Waals surface area contributed by atoms with Gasteiger partial charge in [0.05, 0.1) is 84.9 Å². The lowest BCUT2D eigenvalue weighted by Gasteiger charge is -2.28. The molecule has 2 aliphatic heterocycles. The van der Waals surface area contributed by atoms with Crippen LogP contribution in [0.1, 0.15) is 105 Å². The lowest BCUT2D eigenvalue weighted by Crippen LogP contribution is -2.36. The number of aliphatic carboxylic acids is 1. The maximum Gasteiger partial charge on any atom is 0.490 e. The molecule has 0 saturated carbocycles. The van der Waals surface area contributed by atoms with Gasteiger partial charge < -0.3 is 103 Å². The van der Waals surface area contributed by atoms with Crippen LogP contribution in [0.15, 0.2) is 175 Å². The summed E-state index contributed by atoms with van der Waals surface area (Å²) < 4.78 is 71.4. The third kappa shape index (κ3) is 23.4. The Morgan fingerprint density at radius 1 is 0.528 bits per heavy atom. The minimum Gasteiger partial charge on any atom is -0.497 e. The summed E-state index contributed by atoms with van der Waals surface area (Å²) in [6.07, 6.45) is 2.39. The highest BCUT2D eigenvalue weighted by molar-refractivity contribution is 7.90. The largest absolute Gasteiger partial charge is 0.497 e. The van der Waals surface area contributed by atoms with Gasteiger partial charge in [-0.25, -0.2) is 43.1 Å². The number of ether oxygens (including phenoxy) is 3. The number of nitrogens with two attached hydrogens (primary N) is 3. The van der Waals surface area contributed by atoms with Crippen LogP contribution in [0.2, 0.25) is 0 Å². The molecular formula is C91H103F3N20O12S. The number of anilines is 8. The van der Waals surface area contributed by atoms with Crippen LogP contribution in [0.3, 0.4) is 0 Å². The molecule has 2 fully saturated rings. The van der Waals surface area contributed by atoms with Crippen molar-refractivity contribution >= 4 is 113 Å². The van der Waals surface area contributed by atoms with Crippen molar-refractivity contribution in [3.8, 4) is 39.9 Å². The number of methoxy groups -OCH3 is 1. The molecule has 0 aliphatic carbocycles. The summed E-state index contributed by atoms with van der Waals surface area (Å²) in [6, 6.07) is 48.8. The van der Waals surface area contributed by atoms with Gasteiger partial charge in [0.1, 0.15) is 39.8 Å². The Kier molecular flexibility index (Phi) is 31.0. The standard InChI is InChI=1S/C31H32N6O4S.2C29H35N7O3.C2HF3O2/c1-4-24-21(17-33-16-19-8-14-23(15-9-19)42(3,39)40)6-5-7-26(24)35-27-25(29(32)38)18-34-31-28(27)36-30(37-31)20-10-12-22(41-2)13-11-20;1-3-22-20(15-31-18(2)17-37)5-4-6-24(22)33-25-23(27(30)38)16-32-29-26(25)34-28(35-29)19-7-9-21(10-8-19)36-11-13-39-14-12-36;1-3-22-20(16-31-15-18(2)37)5-4-6-24(22)33-25-23(27(30)38)17-32-29-26(25)34-28(35-29)19-7-9-21(10-8-19)36-11-13-39-14-12-36;3-2(4,5)1(6)7/h5-15,18,33H,4,16-17H2,1-3H3,(H2,32,38)(H2,34,35,36,37);4-10,16,18,31,37H,3,11-15,17H2,1-2H3,(H2,30,38)(H2,32,33,34,35);4-10,17-18,31,37H,3,11-16H2,1-2H3,(H2,30,38)(H2,32,33,34,35);(H,6,7). The molecule has 2 atom stereocenters. The topological polar surface area (TPSA) is 472 Å². The van der Waals surface area contributed by atoms with Gasteiger partial charge in [-0.3, -0.25) is 14.4 Å². The van der Waals surface area contributed by atoms with Gasteiger partial charge in [0.2, 0.25) is 0 Å². The number of sulfone groups is 1. The molecule has 0 bridgehead atoms. The van der Waals surface area contributed by atoms with Crippen molar-refractivity contribution in [1.29, 1.82) is 0 Å². The number of fused-ring (bicyclic) bond motifs is 3. The Morgan fingerprint density at radius 2 is 0.882 bits per heavy atom. The van der Waals surface area contributed by atoms with Crippen molar-refractivity contribution in [2.24, 2.45) is 17.2 Å². The zero-order valence-corrected chi connectivity index (χ0v) is 72.0. The van der Waals surface area contributed by atoms with Crippen molar-refractivity contribution in [2.45, 2.75) is 103 Å². The Morgan fingerprint density at radius 3 is 1.20 bits per heavy atom. The average molecular weight is 1760 g/mol. The number of nitrogens with zero attached hydrogens (tertiary/aromatic N) is 8. The predicted molar refractivity (Wildman–Crippen MR) is 484 cm³/mol. The smallest absolute Gasteiger partial charge is 0.490 e. The molecular weight excluding hydrogens is 1650 g/mol. The number of halogens is 3. The van der Waals surface area contributed by atoms with Crippen LogP contribution in [-0.4, -0.2) is 190 Å². The quantitative estimate of drug-likeness (QED) is 0.0192. The van der Waals surface area contributed by atoms with Crippen LogP contribution < -0.4 is 63.6 Å². The SMILES string of the molecule is CCc1c(CNC(C)CO)cccc1Nc1c(C(N)=O)cnc2[nH]c(-c3ccc(N4CCOCC4)cc3)nc12.CCc1c(CNCC(C)O)cccc1Nc1c(C(N)=O)cnc2[nH]c(-c3ccc(N4CCOCC4)cc3)nc12.CCc1c(CNCc2ccc(S(C)(=O)=O)cc2)cccc1Nc1c(C(N)=O)cnc2[nH]c(-c3ccc(OC)cc3)nc12.O=C(O)C(F)(F)F. The number of carboxylic acid groups (broad SMARTS) is 1. The Balaban J connectivity index is 0.000000166. The zero-order chi connectivity index (χ0) is 90.6. The maximum atomic E-state index is 12.4. The summed E-state index contributed by atoms with van der Waals surface area (Å²) in [7, 11) is -1.62. The van der Waals surface area contributed by atoms with Crippen molar-refractivity contribution < 1.29 is 70.3 Å². The van der Waals surface area contributed by atoms with Crippen LogP contribution in [0.25, 0.3) is 67.7 Å². The van der Waals surface area contributed by atoms with Gasteiger partial charge in [0.25, 0.3) is 17.7 Å². The number of amides is 3. The minimum absolute atomic E-state index is 0.0157. The van der Waals surface area contributed by atoms with E-state index >= 15 is 0 Å². The van der Waals surface area contributed by atoms with E-state index in [2.05, 4.69) is 135 Å². The molecule has 15 rings (SSSR count). The Bertz CT molecular complexity index is 6120. The van der Waals surface area contributed by atoms with Crippen molar-refractivity contribution in [1.82, 2.24) is 60.8 Å². The fraction of sp³-hybridized carbons (Fsp3) is 0.297. The number of aromatic nitrogens is 9. The Hall–Kier alpha value is -13.5. The van der Waals surface area contributed by atoms with E-state index < -0.39 is 45.8 Å². The van der Waals surface area contributed by atoms with E-state index in [1.807, 2.05) is 104 Å². The van der Waals surface area contributed by atoms with E-state index in [1.165, 1.54) is 24.8 Å². The van der Waals surface area contributed by atoms with Crippen LogP contribution in [0.5, 0.6) is 5.75 Å². The molecule has 32 nitrogen and oxygen atoms in total. The van der Waals surface area contributed by atoms with Crippen LogP contribution in [0.4, 0.5) is 58.7 Å². The van der Waals surface area contributed by atoms with Gasteiger partial charge >= 0.3 is 12.1 Å². The second kappa shape index (κ2) is 42.5. The van der Waals surface area contributed by atoms with E-state index in [0.29, 0.717) is 106 Å². The lowest BCUT2D eigenvalue weighted by molar-refractivity contribution is -0.192. The number of hydrogen-bond acceptors (Lipinski definition) is 25. The molecule has 13 aromatic rings. The highest BCUT2D eigenvalue weighted by Crippen LogP contribution is 2.38. The maximum absolute atomic E-state index is 12.4. The first-order valence-corrected chi connectivity index (χ1v) is 43.2. The van der Waals surface area contributed by atoms with Crippen molar-refractivity contribution in [3.05, 3.63) is 226 Å². The summed E-state index contributed by atoms with van der Waals surface area (Å²) in [5, 5.41) is 46.5. The number of pyridine rings is 3. The Labute approximate surface area is 731 Å². The van der Waals surface area contributed by atoms with E-state index in [9.17, 15) is 46.2 Å². The molecule has 3 amide bonds. The number of rotatable bonds is 31. The van der Waals surface area contributed by atoms with Gasteiger partial charge in [-0.1, -0.05) is 69.3 Å². The van der Waals surface area contributed by atoms with Gasteiger partial charge in [0.15, 0.2) is 26.8 Å². The molecule has 18 N–H and O–H groups in total. The van der Waals surface area contributed by atoms with Crippen LogP contribution >= 0.6 is 0 Å². The third-order valence-electron chi connectivity index (χ3n) is 21.3. The number of aromatic amines is 3. The molecule has 8 heterocycles. The molecule has 7 aromatic carbocycles. The van der Waals surface area contributed by atoms with Gasteiger partial charge in [-0.05, 0) is 175 Å². The number of carboxylic acids is 1. The van der Waals surface area contributed by atoms with Gasteiger partial charge in [-0.15, -0.1) is 0 Å². The summed E-state index contributed by atoms with van der Waals surface area (Å²) >= 11 is 0. The van der Waals surface area contributed by atoms with Crippen LogP contribution in [-0.2, 0) is 69.5 Å². The number of carbonyl (C=O) groups excluding carboxylic acids is 3. The number of primary amides is 3. The predicted octanol–water partition coefficient (Wildman–Crippen LogP) is 12.0. The summed E-state index contributed by atoms with van der Waals surface area (Å²) in [4.78, 5) is 88.6. The van der Waals surface area contributed by atoms with E-state index in [-0.39, 0.29) is 29.3 Å². The summed E-state index contributed by atoms with van der Waals surface area (Å²) in [5.41, 5.74) is 37.8. The number of imidazole rings is 3. The molecule has 0 radical (unpaired) electrons. The molecule has 127 heavy (non-hydrogen) atoms. The van der Waals surface area contributed by atoms with Crippen molar-refractivity contribution in [3.63, 3.8) is 0 Å². The second-order valence-electron chi connectivity index (χ2n) is 30.1. The molecule has 666 valence electrons. The fourth-order valence-corrected chi connectivity index (χ4v) is 15.3. The van der Waals surface area contributed by atoms with Gasteiger partial charge in [0, 0.05) is 135 Å². The lowest BCUT2D eigenvalue weighted by atomic mass is 10.0. The number of nitrogens with one attached hydrogen (secondary N) is 9. The van der Waals surface area contributed by atoms with Gasteiger partial charge in [-0.2, -0.15) is 13.2 Å². The molecule has 2 unspecified atom stereocenters. The normalized spacial score (nSPS) is 13.3. The zero-order valence-electron chi connectivity index (χ0n) is 71.2. The highest BCUT2D eigenvalue weighted by Gasteiger charge is 2.38. The number of alkyl halides is 3. The fourth-order valence-electron chi connectivity index (χ4n) is 14.6. The monoisotopic (exact) mass is 1760 g/mol. The van der Waals surface area contributed by atoms with E-state index in [4.69, 9.17) is 56.3 Å². The number of aliphatic hydroxyl groups is 2. The molecule has 0 spiro atoms. The van der Waals surface area contributed by atoms with E-state index in [0.717, 1.165) is 162 Å². The number of morpholine rings is 2. The first-order chi connectivity index (χ1) is 61.0. The second-order valence-corrected chi connectivity index (χ2v) is 32.2. The third-order valence-corrected chi connectivity index (χ3v) is 22.4. The average Bonchev–Trinajstić information content (AvgIpc) is 1.65. The minimum atomic E-state index is -5.08. The molecule has 6 aromatic heterocycles.